The number of rotatable bonds is 4. The Morgan fingerprint density at radius 1 is 0.167 bits per heavy atom. The fourth-order valence-electron chi connectivity index (χ4n) is 16.5. The van der Waals surface area contributed by atoms with E-state index in [4.69, 9.17) is 24.9 Å². The van der Waals surface area contributed by atoms with Crippen LogP contribution in [-0.2, 0) is 0 Å². The molecule has 0 atom stereocenters. The van der Waals surface area contributed by atoms with Gasteiger partial charge in [0.15, 0.2) is 0 Å². The molecule has 444 valence electrons. The van der Waals surface area contributed by atoms with Gasteiger partial charge in [-0.1, -0.05) is 200 Å². The number of pyridine rings is 3. The van der Waals surface area contributed by atoms with Crippen LogP contribution in [-0.4, -0.2) is 43.2 Å². The zero-order chi connectivity index (χ0) is 62.7. The molecule has 0 fully saturated rings. The van der Waals surface area contributed by atoms with Crippen molar-refractivity contribution in [3.63, 3.8) is 0 Å². The molecule has 8 aromatic heterocycles. The monoisotopic (exact) mass is 1220 g/mol. The Labute approximate surface area is 546 Å². The van der Waals surface area contributed by atoms with E-state index in [1.54, 1.807) is 0 Å². The van der Waals surface area contributed by atoms with Gasteiger partial charge in [-0.15, -0.1) is 0 Å². The highest BCUT2D eigenvalue weighted by molar-refractivity contribution is 6.38. The van der Waals surface area contributed by atoms with E-state index in [0.717, 1.165) is 148 Å². The molecule has 9 heteroatoms. The number of para-hydroxylation sites is 6. The lowest BCUT2D eigenvalue weighted by Gasteiger charge is -2.17. The molecule has 0 saturated heterocycles. The molecule has 0 bridgehead atoms. The van der Waals surface area contributed by atoms with Gasteiger partial charge < -0.3 is 18.3 Å². The minimum Gasteiger partial charge on any atom is -0.307 e. The first-order valence-electron chi connectivity index (χ1n) is 32.6. The lowest BCUT2D eigenvalue weighted by Crippen LogP contribution is -2.01. The Morgan fingerprint density at radius 3 is 0.875 bits per heavy atom. The highest BCUT2D eigenvalue weighted by Crippen LogP contribution is 2.50. The van der Waals surface area contributed by atoms with Gasteiger partial charge in [-0.25, -0.2) is 0 Å². The summed E-state index contributed by atoms with van der Waals surface area (Å²) in [4.78, 5) is 25.3. The molecule has 9 nitrogen and oxygen atoms in total. The number of benzene rings is 14. The van der Waals surface area contributed by atoms with Crippen LogP contribution < -0.4 is 0 Å². The van der Waals surface area contributed by atoms with E-state index in [2.05, 4.69) is 285 Å². The van der Waals surface area contributed by atoms with Crippen LogP contribution in [0, 0.1) is 0 Å². The van der Waals surface area contributed by atoms with Gasteiger partial charge in [0.2, 0.25) is 0 Å². The Kier molecular flexibility index (Phi) is 11.0. The molecule has 0 unspecified atom stereocenters. The predicted molar refractivity (Wildman–Crippen MR) is 399 cm³/mol. The van der Waals surface area contributed by atoms with Crippen molar-refractivity contribution in [3.05, 3.63) is 310 Å². The molecule has 0 aliphatic heterocycles. The van der Waals surface area contributed by atoms with Crippen LogP contribution in [0.2, 0.25) is 0 Å². The molecule has 96 heavy (non-hydrogen) atoms. The number of hydrogen-bond acceptors (Lipinski definition) is 5. The molecule has 0 spiro atoms. The second kappa shape index (κ2) is 20.2. The second-order valence-corrected chi connectivity index (χ2v) is 24.9. The average Bonchev–Trinajstić information content (AvgIpc) is 1.49. The molecule has 8 heterocycles. The largest absolute Gasteiger partial charge is 0.307 e. The van der Waals surface area contributed by atoms with Crippen LogP contribution >= 0.6 is 0 Å². The normalized spacial score (nSPS) is 12.2. The van der Waals surface area contributed by atoms with E-state index in [1.807, 2.05) is 43.1 Å². The van der Waals surface area contributed by atoms with Crippen molar-refractivity contribution >= 4 is 174 Å². The summed E-state index contributed by atoms with van der Waals surface area (Å²) in [5, 5.41) is 22.2. The van der Waals surface area contributed by atoms with Crippen molar-refractivity contribution in [1.82, 2.24) is 43.2 Å². The molecule has 0 amide bonds. The lowest BCUT2D eigenvalue weighted by molar-refractivity contribution is 1.16. The van der Waals surface area contributed by atoms with Gasteiger partial charge in [-0.2, -0.15) is 0 Å². The summed E-state index contributed by atoms with van der Waals surface area (Å²) >= 11 is 0. The molecular weight excluding hydrogens is 1170 g/mol. The van der Waals surface area contributed by atoms with E-state index >= 15 is 0 Å². The first kappa shape index (κ1) is 52.5. The summed E-state index contributed by atoms with van der Waals surface area (Å²) in [5.41, 5.74) is 18.3. The molecular formula is C87H51N9. The van der Waals surface area contributed by atoms with Gasteiger partial charge in [0.1, 0.15) is 0 Å². The quantitative estimate of drug-likeness (QED) is 0.164. The molecule has 22 aromatic rings. The fraction of sp³-hybridized carbons (Fsp3) is 0. The predicted octanol–water partition coefficient (Wildman–Crippen LogP) is 22.0. The van der Waals surface area contributed by atoms with Crippen LogP contribution in [0.5, 0.6) is 0 Å². The van der Waals surface area contributed by atoms with Crippen LogP contribution in [0.25, 0.3) is 197 Å². The summed E-state index contributed by atoms with van der Waals surface area (Å²) < 4.78 is 9.81. The maximum absolute atomic E-state index is 5.10. The van der Waals surface area contributed by atoms with Crippen molar-refractivity contribution in [2.75, 3.05) is 0 Å². The Balaban J connectivity index is 0.000000127. The molecule has 0 saturated carbocycles. The summed E-state index contributed by atoms with van der Waals surface area (Å²) in [7, 11) is 0. The van der Waals surface area contributed by atoms with Crippen molar-refractivity contribution in [2.24, 2.45) is 0 Å². The van der Waals surface area contributed by atoms with Gasteiger partial charge >= 0.3 is 0 Å². The zero-order valence-corrected chi connectivity index (χ0v) is 51.5. The Bertz CT molecular complexity index is 6560. The minimum absolute atomic E-state index is 0.902. The van der Waals surface area contributed by atoms with Gasteiger partial charge in [0.05, 0.1) is 83.1 Å². The second-order valence-electron chi connectivity index (χ2n) is 24.9. The topological polar surface area (TPSA) is 84.2 Å². The molecule has 0 aliphatic carbocycles. The molecule has 22 rings (SSSR count). The SMILES string of the molecule is c1ccc(-n2c3ccccc3c3c4ncccc4c4c5ccccc5n(-c5cccc6c7ccccc7c7cccnc7c56)c4c32)cc1.c1ccc(-n2c3ccccc3c3c4nccnc4c4c5ccccc5n(-c5cccc6c7ccccc7c7cccnc7c56)c4c32)cc1. The maximum atomic E-state index is 5.10. The third-order valence-electron chi connectivity index (χ3n) is 20.1. The third kappa shape index (κ3) is 7.14. The third-order valence-corrected chi connectivity index (χ3v) is 20.1. The summed E-state index contributed by atoms with van der Waals surface area (Å²) in [5.74, 6) is 0. The summed E-state index contributed by atoms with van der Waals surface area (Å²) in [6, 6.07) is 99.9. The van der Waals surface area contributed by atoms with Crippen molar-refractivity contribution in [3.8, 4) is 22.7 Å². The van der Waals surface area contributed by atoms with Crippen LogP contribution in [0.3, 0.4) is 0 Å². The molecule has 14 aromatic carbocycles. The molecule has 0 radical (unpaired) electrons. The van der Waals surface area contributed by atoms with Crippen molar-refractivity contribution < 1.29 is 0 Å². The van der Waals surface area contributed by atoms with E-state index in [1.165, 1.54) is 48.5 Å². The van der Waals surface area contributed by atoms with Gasteiger partial charge in [0.25, 0.3) is 0 Å². The van der Waals surface area contributed by atoms with Gasteiger partial charge in [-0.3, -0.25) is 24.9 Å². The summed E-state index contributed by atoms with van der Waals surface area (Å²) in [6.45, 7) is 0. The molecule has 0 N–H and O–H groups in total. The minimum atomic E-state index is 0.902. The highest BCUT2D eigenvalue weighted by atomic mass is 15.1. The first-order valence-corrected chi connectivity index (χ1v) is 32.6. The summed E-state index contributed by atoms with van der Waals surface area (Å²) in [6.07, 6.45) is 9.39. The standard InChI is InChI=1S/C44H26N4.C43H25N5/c1-2-13-27(14-3-1)47-35-22-8-7-18-33(35)40-42-34(21-12-26-46-42)38-32-17-6-9-23-36(32)48(43(38)44(40)47)37-24-10-19-30-28-15-4-5-16-29(28)31-20-11-25-45-41(31)39(30)37;1-2-12-26(13-3-1)47-33-20-8-6-16-31(33)37-40-41(46-25-24-45-40)38-32-17-7-9-21-34(32)48(43(38)42(37)47)35-22-10-18-29-27-14-4-5-15-28(27)30-19-11-23-44-39(30)36(29)35/h1-26H;1-25H. The lowest BCUT2D eigenvalue weighted by atomic mass is 9.96. The Hall–Kier alpha value is -13.1. The zero-order valence-electron chi connectivity index (χ0n) is 51.5. The number of nitrogens with zero attached hydrogens (tertiary/aromatic N) is 9. The first-order chi connectivity index (χ1) is 47.8. The molecule has 0 aliphatic rings. The van der Waals surface area contributed by atoms with E-state index in [0.29, 0.717) is 0 Å². The maximum Gasteiger partial charge on any atom is 0.0994 e. The van der Waals surface area contributed by atoms with Crippen molar-refractivity contribution in [2.45, 2.75) is 0 Å². The number of hydrogen-bond donors (Lipinski definition) is 0. The smallest absolute Gasteiger partial charge is 0.0994 e. The van der Waals surface area contributed by atoms with Crippen LogP contribution in [0.4, 0.5) is 0 Å². The highest BCUT2D eigenvalue weighted by Gasteiger charge is 2.29. The van der Waals surface area contributed by atoms with E-state index in [-0.39, 0.29) is 0 Å². The van der Waals surface area contributed by atoms with Crippen LogP contribution in [0.15, 0.2) is 310 Å². The van der Waals surface area contributed by atoms with Gasteiger partial charge in [-0.05, 0) is 111 Å². The van der Waals surface area contributed by atoms with Gasteiger partial charge in [0, 0.05) is 112 Å². The average molecular weight is 1220 g/mol. The van der Waals surface area contributed by atoms with Crippen molar-refractivity contribution in [1.29, 1.82) is 0 Å². The fourth-order valence-corrected chi connectivity index (χ4v) is 16.5. The Morgan fingerprint density at radius 2 is 0.448 bits per heavy atom. The number of fused-ring (bicyclic) bond motifs is 32. The van der Waals surface area contributed by atoms with Crippen LogP contribution in [0.1, 0.15) is 0 Å². The van der Waals surface area contributed by atoms with E-state index < -0.39 is 0 Å². The van der Waals surface area contributed by atoms with E-state index in [9.17, 15) is 0 Å². The number of aromatic nitrogens is 9.